The molecule has 7 heteroatoms. The van der Waals surface area contributed by atoms with Crippen LogP contribution in [0, 0.1) is 12.7 Å². The predicted molar refractivity (Wildman–Crippen MR) is 119 cm³/mol. The van der Waals surface area contributed by atoms with Gasteiger partial charge in [-0.2, -0.15) is 0 Å². The van der Waals surface area contributed by atoms with Gasteiger partial charge in [-0.25, -0.2) is 9.18 Å². The number of carbonyl (C=O) groups excluding carboxylic acids is 2. The molecule has 0 bridgehead atoms. The lowest BCUT2D eigenvalue weighted by Gasteiger charge is -2.40. The van der Waals surface area contributed by atoms with E-state index in [-0.39, 0.29) is 23.9 Å². The van der Waals surface area contributed by atoms with E-state index in [1.807, 2.05) is 44.2 Å². The summed E-state index contributed by atoms with van der Waals surface area (Å²) in [7, 11) is 1.40. The summed E-state index contributed by atoms with van der Waals surface area (Å²) < 4.78 is 24.6. The van der Waals surface area contributed by atoms with Crippen molar-refractivity contribution in [1.82, 2.24) is 10.2 Å². The lowest BCUT2D eigenvalue weighted by Crippen LogP contribution is -2.52. The van der Waals surface area contributed by atoms with Crippen LogP contribution in [0.2, 0.25) is 0 Å². The lowest BCUT2D eigenvalue weighted by molar-refractivity contribution is -0.149. The van der Waals surface area contributed by atoms with Gasteiger partial charge < -0.3 is 19.4 Å². The molecule has 4 rings (SSSR count). The van der Waals surface area contributed by atoms with Crippen molar-refractivity contribution in [3.63, 3.8) is 0 Å². The third-order valence-corrected chi connectivity index (χ3v) is 6.48. The summed E-state index contributed by atoms with van der Waals surface area (Å²) in [6.07, 6.45) is 0.961. The Hall–Kier alpha value is -3.35. The number of carbonyl (C=O) groups is 2. The number of fused-ring (bicyclic) bond motifs is 1. The van der Waals surface area contributed by atoms with Crippen LogP contribution in [0.25, 0.3) is 11.0 Å². The van der Waals surface area contributed by atoms with Crippen molar-refractivity contribution in [2.75, 3.05) is 20.2 Å². The number of piperidine rings is 1. The Morgan fingerprint density at radius 2 is 1.84 bits per heavy atom. The molecule has 1 fully saturated rings. The van der Waals surface area contributed by atoms with E-state index in [2.05, 4.69) is 5.32 Å². The largest absolute Gasteiger partial charge is 0.468 e. The van der Waals surface area contributed by atoms with E-state index in [9.17, 15) is 14.0 Å². The van der Waals surface area contributed by atoms with Crippen LogP contribution in [0.5, 0.6) is 0 Å². The van der Waals surface area contributed by atoms with E-state index in [1.165, 1.54) is 19.2 Å². The fraction of sp³-hybridized carbons (Fsp3) is 0.360. The van der Waals surface area contributed by atoms with Crippen LogP contribution in [-0.2, 0) is 14.9 Å². The zero-order chi connectivity index (χ0) is 22.9. The molecule has 168 valence electrons. The number of hydrogen-bond acceptors (Lipinski definition) is 4. The highest BCUT2D eigenvalue weighted by Crippen LogP contribution is 2.37. The number of nitrogens with zero attached hydrogens (tertiary/aromatic N) is 1. The molecule has 1 N–H and O–H groups in total. The van der Waals surface area contributed by atoms with E-state index < -0.39 is 5.41 Å². The van der Waals surface area contributed by atoms with E-state index in [0.717, 1.165) is 11.1 Å². The summed E-state index contributed by atoms with van der Waals surface area (Å²) in [5.41, 5.74) is 1.55. The maximum absolute atomic E-state index is 13.6. The molecule has 2 aromatic carbocycles. The van der Waals surface area contributed by atoms with Crippen LogP contribution in [0.4, 0.5) is 9.18 Å². The number of aryl methyl sites for hydroxylation is 1. The van der Waals surface area contributed by atoms with Gasteiger partial charge in [0.05, 0.1) is 18.6 Å². The molecule has 0 aliphatic carbocycles. The van der Waals surface area contributed by atoms with Crippen molar-refractivity contribution < 1.29 is 23.1 Å². The summed E-state index contributed by atoms with van der Waals surface area (Å²) in [6, 6.07) is 13.4. The second-order valence-electron chi connectivity index (χ2n) is 8.33. The lowest BCUT2D eigenvalue weighted by atomic mass is 9.73. The number of benzene rings is 2. The van der Waals surface area contributed by atoms with Crippen LogP contribution >= 0.6 is 0 Å². The molecule has 0 radical (unpaired) electrons. The van der Waals surface area contributed by atoms with Gasteiger partial charge in [0, 0.05) is 24.0 Å². The van der Waals surface area contributed by atoms with Crippen LogP contribution in [0.15, 0.2) is 52.9 Å². The van der Waals surface area contributed by atoms with Crippen molar-refractivity contribution in [3.05, 3.63) is 71.2 Å². The van der Waals surface area contributed by atoms with E-state index in [0.29, 0.717) is 42.7 Å². The SMILES string of the molecule is COC(=O)C1(c2ccccc2)CCN(C(=O)NC(C)c2oc3ccc(F)cc3c2C)CC1. The zero-order valence-electron chi connectivity index (χ0n) is 18.5. The van der Waals surface area contributed by atoms with Gasteiger partial charge in [-0.05, 0) is 50.5 Å². The minimum atomic E-state index is -0.752. The molecule has 1 unspecified atom stereocenters. The van der Waals surface area contributed by atoms with Gasteiger partial charge in [0.2, 0.25) is 0 Å². The number of urea groups is 1. The number of hydrogen-bond donors (Lipinski definition) is 1. The second-order valence-corrected chi connectivity index (χ2v) is 8.33. The standard InChI is InChI=1S/C25H27FN2O4/c1-16-20-15-19(26)9-10-21(20)32-22(16)17(2)27-24(30)28-13-11-25(12-14-28,23(29)31-3)18-7-5-4-6-8-18/h4-10,15,17H,11-14H2,1-3H3,(H,27,30). The smallest absolute Gasteiger partial charge is 0.317 e. The first-order valence-corrected chi connectivity index (χ1v) is 10.7. The Morgan fingerprint density at radius 1 is 1.16 bits per heavy atom. The minimum Gasteiger partial charge on any atom is -0.468 e. The van der Waals surface area contributed by atoms with Crippen molar-refractivity contribution >= 4 is 23.0 Å². The van der Waals surface area contributed by atoms with Crippen molar-refractivity contribution in [2.24, 2.45) is 0 Å². The quantitative estimate of drug-likeness (QED) is 0.591. The molecule has 2 heterocycles. The molecule has 1 saturated heterocycles. The van der Waals surface area contributed by atoms with Gasteiger partial charge in [-0.3, -0.25) is 4.79 Å². The minimum absolute atomic E-state index is 0.227. The molecule has 6 nitrogen and oxygen atoms in total. The first kappa shape index (κ1) is 21.9. The maximum Gasteiger partial charge on any atom is 0.317 e. The summed E-state index contributed by atoms with van der Waals surface area (Å²) in [4.78, 5) is 27.3. The maximum atomic E-state index is 13.6. The third-order valence-electron chi connectivity index (χ3n) is 6.48. The average molecular weight is 438 g/mol. The van der Waals surface area contributed by atoms with Crippen LogP contribution in [0.1, 0.15) is 42.7 Å². The summed E-state index contributed by atoms with van der Waals surface area (Å²) in [6.45, 7) is 4.54. The molecular weight excluding hydrogens is 411 g/mol. The van der Waals surface area contributed by atoms with E-state index in [1.54, 1.807) is 11.0 Å². The molecule has 1 atom stereocenters. The number of methoxy groups -OCH3 is 1. The molecule has 2 amide bonds. The number of amides is 2. The number of nitrogens with one attached hydrogen (secondary N) is 1. The normalized spacial score (nSPS) is 16.6. The summed E-state index contributed by atoms with van der Waals surface area (Å²) in [5.74, 6) is -0.00290. The van der Waals surface area contributed by atoms with Gasteiger partial charge in [-0.15, -0.1) is 0 Å². The fourth-order valence-electron chi connectivity index (χ4n) is 4.62. The third kappa shape index (κ3) is 3.83. The fourth-order valence-corrected chi connectivity index (χ4v) is 4.62. The molecular formula is C25H27FN2O4. The predicted octanol–water partition coefficient (Wildman–Crippen LogP) is 4.86. The number of likely N-dealkylation sites (tertiary alicyclic amines) is 1. The van der Waals surface area contributed by atoms with Crippen molar-refractivity contribution in [2.45, 2.75) is 38.1 Å². The Labute approximate surface area is 186 Å². The second kappa shape index (κ2) is 8.65. The molecule has 3 aromatic rings. The average Bonchev–Trinajstić information content (AvgIpc) is 3.15. The zero-order valence-corrected chi connectivity index (χ0v) is 18.5. The highest BCUT2D eigenvalue weighted by atomic mass is 19.1. The molecule has 0 saturated carbocycles. The number of halogens is 1. The number of rotatable bonds is 4. The molecule has 1 aliphatic heterocycles. The molecule has 1 aromatic heterocycles. The first-order chi connectivity index (χ1) is 15.4. The van der Waals surface area contributed by atoms with Crippen LogP contribution in [0.3, 0.4) is 0 Å². The van der Waals surface area contributed by atoms with E-state index in [4.69, 9.17) is 9.15 Å². The molecule has 1 aliphatic rings. The highest BCUT2D eigenvalue weighted by molar-refractivity contribution is 5.84. The van der Waals surface area contributed by atoms with Gasteiger partial charge in [-0.1, -0.05) is 30.3 Å². The Bertz CT molecular complexity index is 1130. The van der Waals surface area contributed by atoms with E-state index >= 15 is 0 Å². The van der Waals surface area contributed by atoms with Crippen LogP contribution < -0.4 is 5.32 Å². The molecule has 32 heavy (non-hydrogen) atoms. The van der Waals surface area contributed by atoms with Crippen LogP contribution in [-0.4, -0.2) is 37.1 Å². The monoisotopic (exact) mass is 438 g/mol. The topological polar surface area (TPSA) is 71.8 Å². The Balaban J connectivity index is 1.46. The van der Waals surface area contributed by atoms with Gasteiger partial charge in [0.25, 0.3) is 0 Å². The van der Waals surface area contributed by atoms with Crippen molar-refractivity contribution in [3.8, 4) is 0 Å². The summed E-state index contributed by atoms with van der Waals surface area (Å²) >= 11 is 0. The first-order valence-electron chi connectivity index (χ1n) is 10.7. The highest BCUT2D eigenvalue weighted by Gasteiger charge is 2.44. The number of ether oxygens (including phenoxy) is 1. The summed E-state index contributed by atoms with van der Waals surface area (Å²) in [5, 5.41) is 3.67. The Kier molecular flexibility index (Phi) is 5.91. The van der Waals surface area contributed by atoms with Gasteiger partial charge >= 0.3 is 12.0 Å². The van der Waals surface area contributed by atoms with Gasteiger partial charge in [0.15, 0.2) is 0 Å². The van der Waals surface area contributed by atoms with Gasteiger partial charge in [0.1, 0.15) is 17.2 Å². The Morgan fingerprint density at radius 3 is 2.50 bits per heavy atom. The number of esters is 1. The number of furan rings is 1. The van der Waals surface area contributed by atoms with Crippen molar-refractivity contribution in [1.29, 1.82) is 0 Å². The molecule has 0 spiro atoms.